The highest BCUT2D eigenvalue weighted by Crippen LogP contribution is 2.19. The summed E-state index contributed by atoms with van der Waals surface area (Å²) in [4.78, 5) is 17.2. The highest BCUT2D eigenvalue weighted by atomic mass is 16.5. The maximum Gasteiger partial charge on any atom is 0.407 e. The minimum absolute atomic E-state index is 0.0178. The fourth-order valence-corrected chi connectivity index (χ4v) is 3.84. The molecule has 154 valence electrons. The smallest absolute Gasteiger partial charge is 0.407 e. The molecule has 1 aliphatic rings. The molecule has 5 nitrogen and oxygen atoms in total. The minimum atomic E-state index is -0.372. The zero-order valence-electron chi connectivity index (χ0n) is 17.0. The maximum absolute atomic E-state index is 12.3. The van der Waals surface area contributed by atoms with Gasteiger partial charge in [0.25, 0.3) is 0 Å². The topological polar surface area (TPSA) is 63.2 Å². The van der Waals surface area contributed by atoms with Crippen molar-refractivity contribution in [3.05, 3.63) is 90.1 Å². The van der Waals surface area contributed by atoms with Crippen LogP contribution in [0.5, 0.6) is 0 Å². The predicted molar refractivity (Wildman–Crippen MR) is 118 cm³/mol. The van der Waals surface area contributed by atoms with Gasteiger partial charge >= 0.3 is 6.09 Å². The van der Waals surface area contributed by atoms with E-state index < -0.39 is 0 Å². The largest absolute Gasteiger partial charge is 0.445 e. The first-order chi connectivity index (χ1) is 14.8. The third-order valence-corrected chi connectivity index (χ3v) is 5.41. The zero-order valence-corrected chi connectivity index (χ0v) is 17.0. The summed E-state index contributed by atoms with van der Waals surface area (Å²) in [5.41, 5.74) is 4.07. The van der Waals surface area contributed by atoms with Crippen LogP contribution in [0.25, 0.3) is 11.3 Å². The number of amides is 1. The van der Waals surface area contributed by atoms with Crippen LogP contribution in [0, 0.1) is 0 Å². The molecule has 5 heteroatoms. The van der Waals surface area contributed by atoms with Gasteiger partial charge in [-0.05, 0) is 37.1 Å². The molecule has 1 saturated heterocycles. The van der Waals surface area contributed by atoms with E-state index in [9.17, 15) is 4.79 Å². The van der Waals surface area contributed by atoms with Gasteiger partial charge in [-0.3, -0.25) is 4.98 Å². The maximum atomic E-state index is 12.3. The average Bonchev–Trinajstić information content (AvgIpc) is 2.80. The first-order valence-electron chi connectivity index (χ1n) is 10.5. The van der Waals surface area contributed by atoms with E-state index in [2.05, 4.69) is 22.8 Å². The van der Waals surface area contributed by atoms with E-state index in [0.717, 1.165) is 48.3 Å². The highest BCUT2D eigenvalue weighted by molar-refractivity contribution is 5.67. The molecule has 3 aromatic rings. The van der Waals surface area contributed by atoms with Crippen molar-refractivity contribution < 1.29 is 9.53 Å². The molecule has 2 atom stereocenters. The van der Waals surface area contributed by atoms with Crippen LogP contribution in [0.1, 0.15) is 24.1 Å². The number of nitrogens with one attached hydrogen (secondary N) is 2. The van der Waals surface area contributed by atoms with Gasteiger partial charge in [-0.25, -0.2) is 4.79 Å². The third kappa shape index (κ3) is 5.45. The molecule has 1 aromatic heterocycles. The monoisotopic (exact) mass is 401 g/mol. The molecule has 0 bridgehead atoms. The quantitative estimate of drug-likeness (QED) is 0.645. The molecule has 0 saturated carbocycles. The fourth-order valence-electron chi connectivity index (χ4n) is 3.84. The number of rotatable bonds is 6. The Balaban J connectivity index is 1.37. The van der Waals surface area contributed by atoms with Crippen molar-refractivity contribution in [3.8, 4) is 11.3 Å². The summed E-state index contributed by atoms with van der Waals surface area (Å²) >= 11 is 0. The highest BCUT2D eigenvalue weighted by Gasteiger charge is 2.27. The average molecular weight is 402 g/mol. The number of hydrogen-bond acceptors (Lipinski definition) is 4. The molecule has 0 radical (unpaired) electrons. The molecule has 2 N–H and O–H groups in total. The summed E-state index contributed by atoms with van der Waals surface area (Å²) in [5.74, 6) is 0. The molecule has 0 aliphatic carbocycles. The molecular weight excluding hydrogens is 374 g/mol. The van der Waals surface area contributed by atoms with Gasteiger partial charge < -0.3 is 15.4 Å². The molecule has 1 fully saturated rings. The lowest BCUT2D eigenvalue weighted by atomic mass is 9.94. The SMILES string of the molecule is O=C(N[C@H]1CCCN[C@H]1Cc1cccc(-c2ccccc2)n1)OCc1ccccc1. The first kappa shape index (κ1) is 20.1. The predicted octanol–water partition coefficient (Wildman–Crippen LogP) is 4.34. The Morgan fingerprint density at radius 2 is 1.77 bits per heavy atom. The van der Waals surface area contributed by atoms with E-state index in [1.54, 1.807) is 0 Å². The normalized spacial score (nSPS) is 18.5. The Morgan fingerprint density at radius 1 is 1.00 bits per heavy atom. The zero-order chi connectivity index (χ0) is 20.6. The van der Waals surface area contributed by atoms with Crippen LogP contribution in [-0.4, -0.2) is 29.7 Å². The number of benzene rings is 2. The Morgan fingerprint density at radius 3 is 2.57 bits per heavy atom. The number of piperidine rings is 1. The summed E-state index contributed by atoms with van der Waals surface area (Å²) in [6.07, 6.45) is 2.34. The van der Waals surface area contributed by atoms with E-state index in [-0.39, 0.29) is 24.8 Å². The van der Waals surface area contributed by atoms with E-state index in [1.807, 2.05) is 66.7 Å². The van der Waals surface area contributed by atoms with Crippen molar-refractivity contribution in [1.82, 2.24) is 15.6 Å². The van der Waals surface area contributed by atoms with Gasteiger partial charge in [0.15, 0.2) is 0 Å². The number of ether oxygens (including phenoxy) is 1. The lowest BCUT2D eigenvalue weighted by Crippen LogP contribution is -2.54. The number of carbonyl (C=O) groups excluding carboxylic acids is 1. The summed E-state index contributed by atoms with van der Waals surface area (Å²) < 4.78 is 5.41. The molecular formula is C25H27N3O2. The van der Waals surface area contributed by atoms with Crippen LogP contribution in [0.15, 0.2) is 78.9 Å². The standard InChI is InChI=1S/C25H27N3O2/c29-25(30-18-19-9-3-1-4-10-19)28-23-15-8-16-26-24(23)17-21-13-7-14-22(27-21)20-11-5-2-6-12-20/h1-7,9-14,23-24,26H,8,15-18H2,(H,28,29)/t23-,24-/m0/s1. The Kier molecular flexibility index (Phi) is 6.72. The number of nitrogens with zero attached hydrogens (tertiary/aromatic N) is 1. The molecule has 1 aliphatic heterocycles. The molecule has 30 heavy (non-hydrogen) atoms. The fraction of sp³-hybridized carbons (Fsp3) is 0.280. The first-order valence-corrected chi connectivity index (χ1v) is 10.5. The van der Waals surface area contributed by atoms with Crippen molar-refractivity contribution in [2.75, 3.05) is 6.54 Å². The molecule has 0 unspecified atom stereocenters. The second-order valence-electron chi connectivity index (χ2n) is 7.60. The van der Waals surface area contributed by atoms with Crippen molar-refractivity contribution in [2.24, 2.45) is 0 Å². The van der Waals surface area contributed by atoms with Crippen molar-refractivity contribution in [3.63, 3.8) is 0 Å². The van der Waals surface area contributed by atoms with Gasteiger partial charge in [-0.15, -0.1) is 0 Å². The van der Waals surface area contributed by atoms with Gasteiger partial charge in [-0.2, -0.15) is 0 Å². The Bertz CT molecular complexity index is 947. The van der Waals surface area contributed by atoms with Crippen molar-refractivity contribution in [2.45, 2.75) is 38.0 Å². The van der Waals surface area contributed by atoms with Crippen LogP contribution in [0.3, 0.4) is 0 Å². The summed E-state index contributed by atoms with van der Waals surface area (Å²) in [6.45, 7) is 1.22. The summed E-state index contributed by atoms with van der Waals surface area (Å²) in [5, 5.41) is 6.60. The molecule has 4 rings (SSSR count). The van der Waals surface area contributed by atoms with Crippen molar-refractivity contribution in [1.29, 1.82) is 0 Å². The van der Waals surface area contributed by atoms with Crippen LogP contribution in [-0.2, 0) is 17.8 Å². The van der Waals surface area contributed by atoms with Gasteiger partial charge in [-0.1, -0.05) is 66.7 Å². The van der Waals surface area contributed by atoms with Gasteiger partial charge in [0, 0.05) is 29.8 Å². The Labute approximate surface area is 177 Å². The van der Waals surface area contributed by atoms with E-state index >= 15 is 0 Å². The number of pyridine rings is 1. The number of hydrogen-bond donors (Lipinski definition) is 2. The van der Waals surface area contributed by atoms with E-state index in [1.165, 1.54) is 0 Å². The lowest BCUT2D eigenvalue weighted by Gasteiger charge is -2.33. The molecule has 1 amide bonds. The lowest BCUT2D eigenvalue weighted by molar-refractivity contribution is 0.130. The Hall–Kier alpha value is -3.18. The number of alkyl carbamates (subject to hydrolysis) is 1. The second-order valence-corrected chi connectivity index (χ2v) is 7.60. The summed E-state index contributed by atoms with van der Waals surface area (Å²) in [7, 11) is 0. The molecule has 0 spiro atoms. The second kappa shape index (κ2) is 10.0. The van der Waals surface area contributed by atoms with Crippen LogP contribution in [0.2, 0.25) is 0 Å². The minimum Gasteiger partial charge on any atom is -0.445 e. The number of carbonyl (C=O) groups is 1. The third-order valence-electron chi connectivity index (χ3n) is 5.41. The molecule has 2 aromatic carbocycles. The van der Waals surface area contributed by atoms with Crippen molar-refractivity contribution >= 4 is 6.09 Å². The van der Waals surface area contributed by atoms with Gasteiger partial charge in [0.05, 0.1) is 5.69 Å². The van der Waals surface area contributed by atoms with Crippen LogP contribution < -0.4 is 10.6 Å². The summed E-state index contributed by atoms with van der Waals surface area (Å²) in [6, 6.07) is 26.2. The molecule has 2 heterocycles. The van der Waals surface area contributed by atoms with E-state index in [0.29, 0.717) is 0 Å². The van der Waals surface area contributed by atoms with Gasteiger partial charge in [0.1, 0.15) is 6.61 Å². The van der Waals surface area contributed by atoms with E-state index in [4.69, 9.17) is 9.72 Å². The van der Waals surface area contributed by atoms with Crippen LogP contribution >= 0.6 is 0 Å². The number of aromatic nitrogens is 1. The van der Waals surface area contributed by atoms with Gasteiger partial charge in [0.2, 0.25) is 0 Å². The van der Waals surface area contributed by atoms with Crippen LogP contribution in [0.4, 0.5) is 4.79 Å².